The van der Waals surface area contributed by atoms with E-state index in [1.165, 1.54) is 86.6 Å². The molecule has 0 bridgehead atoms. The number of para-hydroxylation sites is 4. The van der Waals surface area contributed by atoms with E-state index in [0.29, 0.717) is 0 Å². The molecule has 7 heterocycles. The summed E-state index contributed by atoms with van der Waals surface area (Å²) in [6.45, 7) is 0.0245. The molecular formula is C40H20B2N4S2. The van der Waals surface area contributed by atoms with Crippen LogP contribution in [0.2, 0.25) is 0 Å². The Kier molecular flexibility index (Phi) is 4.39. The second-order valence-corrected chi connectivity index (χ2v) is 15.3. The average Bonchev–Trinajstić information content (AvgIpc) is 3.66. The Morgan fingerprint density at radius 2 is 0.896 bits per heavy atom. The van der Waals surface area contributed by atoms with Gasteiger partial charge in [0.25, 0.3) is 13.4 Å². The third kappa shape index (κ3) is 2.77. The van der Waals surface area contributed by atoms with E-state index in [1.807, 2.05) is 0 Å². The zero-order valence-electron chi connectivity index (χ0n) is 25.3. The summed E-state index contributed by atoms with van der Waals surface area (Å²) in [5, 5.41) is 7.24. The summed E-state index contributed by atoms with van der Waals surface area (Å²) >= 11 is 3.57. The lowest BCUT2D eigenvalue weighted by atomic mass is 9.35. The third-order valence-corrected chi connectivity index (χ3v) is 13.2. The summed E-state index contributed by atoms with van der Waals surface area (Å²) in [5.41, 5.74) is 15.1. The molecule has 6 aromatic carbocycles. The Labute approximate surface area is 284 Å². The van der Waals surface area contributed by atoms with Crippen molar-refractivity contribution in [1.82, 2.24) is 19.1 Å². The normalized spacial score (nSPS) is 14.4. The van der Waals surface area contributed by atoms with Crippen molar-refractivity contribution in [3.63, 3.8) is 0 Å². The molecule has 9 aromatic rings. The van der Waals surface area contributed by atoms with Crippen LogP contribution in [0.3, 0.4) is 0 Å². The van der Waals surface area contributed by atoms with Crippen molar-refractivity contribution in [3.8, 4) is 11.4 Å². The molecule has 3 aromatic heterocycles. The van der Waals surface area contributed by atoms with Crippen LogP contribution in [0.15, 0.2) is 141 Å². The quantitative estimate of drug-likeness (QED) is 0.212. The SMILES string of the molecule is c1cc2c3c(c1)-n1c4ccccc4c4cccc(c41)B3c1nc3c(nc1S2)Sc1cccc2c1B3c1cccc3c4ccccc4n-2c13. The van der Waals surface area contributed by atoms with Crippen molar-refractivity contribution >= 4 is 114 Å². The first-order chi connectivity index (χ1) is 23.8. The molecule has 4 aliphatic heterocycles. The summed E-state index contributed by atoms with van der Waals surface area (Å²) in [5.74, 6) is 0. The van der Waals surface area contributed by atoms with Gasteiger partial charge in [0.1, 0.15) is 10.1 Å². The molecule has 0 amide bonds. The van der Waals surface area contributed by atoms with E-state index >= 15 is 0 Å². The van der Waals surface area contributed by atoms with Crippen LogP contribution in [0.4, 0.5) is 0 Å². The third-order valence-electron chi connectivity index (χ3n) is 11.1. The molecule has 48 heavy (non-hydrogen) atoms. The largest absolute Gasteiger partial charge is 0.310 e. The average molecular weight is 642 g/mol. The molecule has 0 aliphatic carbocycles. The number of benzene rings is 6. The van der Waals surface area contributed by atoms with Gasteiger partial charge in [-0.2, -0.15) is 0 Å². The monoisotopic (exact) mass is 642 g/mol. The van der Waals surface area contributed by atoms with Gasteiger partial charge in [-0.05, 0) is 58.2 Å². The van der Waals surface area contributed by atoms with Gasteiger partial charge < -0.3 is 9.13 Å². The van der Waals surface area contributed by atoms with E-state index in [0.717, 1.165) is 21.2 Å². The van der Waals surface area contributed by atoms with Crippen LogP contribution < -0.4 is 33.0 Å². The molecule has 4 nitrogen and oxygen atoms in total. The Morgan fingerprint density at radius 3 is 1.42 bits per heavy atom. The van der Waals surface area contributed by atoms with Crippen LogP contribution in [0.5, 0.6) is 0 Å². The molecular weight excluding hydrogens is 622 g/mol. The highest BCUT2D eigenvalue weighted by atomic mass is 32.2. The summed E-state index contributed by atoms with van der Waals surface area (Å²) in [7, 11) is 0. The Hall–Kier alpha value is -5.17. The lowest BCUT2D eigenvalue weighted by Crippen LogP contribution is -2.65. The molecule has 0 N–H and O–H groups in total. The molecule has 0 atom stereocenters. The van der Waals surface area contributed by atoms with Crippen LogP contribution in [0, 0.1) is 0 Å². The highest BCUT2D eigenvalue weighted by molar-refractivity contribution is 8.00. The molecule has 0 saturated carbocycles. The fourth-order valence-electron chi connectivity index (χ4n) is 9.32. The number of fused-ring (bicyclic) bond motifs is 14. The van der Waals surface area contributed by atoms with Crippen molar-refractivity contribution in [2.24, 2.45) is 0 Å². The van der Waals surface area contributed by atoms with Gasteiger partial charge in [-0.3, -0.25) is 4.98 Å². The summed E-state index contributed by atoms with van der Waals surface area (Å²) in [6.07, 6.45) is 0. The highest BCUT2D eigenvalue weighted by Gasteiger charge is 2.45. The first-order valence-electron chi connectivity index (χ1n) is 16.4. The van der Waals surface area contributed by atoms with Crippen LogP contribution in [-0.4, -0.2) is 32.5 Å². The number of aromatic nitrogens is 4. The second kappa shape index (κ2) is 8.45. The second-order valence-electron chi connectivity index (χ2n) is 13.2. The predicted molar refractivity (Wildman–Crippen MR) is 201 cm³/mol. The van der Waals surface area contributed by atoms with Crippen LogP contribution in [-0.2, 0) is 0 Å². The maximum absolute atomic E-state index is 5.81. The summed E-state index contributed by atoms with van der Waals surface area (Å²) < 4.78 is 4.98. The van der Waals surface area contributed by atoms with Crippen LogP contribution in [0.1, 0.15) is 0 Å². The van der Waals surface area contributed by atoms with Gasteiger partial charge in [-0.25, -0.2) is 4.98 Å². The molecule has 0 radical (unpaired) electrons. The maximum atomic E-state index is 5.81. The number of hydrogen-bond acceptors (Lipinski definition) is 4. The zero-order chi connectivity index (χ0) is 30.8. The topological polar surface area (TPSA) is 35.6 Å². The summed E-state index contributed by atoms with van der Waals surface area (Å²) in [4.78, 5) is 13.9. The fraction of sp³-hybridized carbons (Fsp3) is 0. The van der Waals surface area contributed by atoms with Gasteiger partial charge in [-0.15, -0.1) is 0 Å². The van der Waals surface area contributed by atoms with Crippen LogP contribution >= 0.6 is 23.5 Å². The molecule has 13 rings (SSSR count). The Bertz CT molecular complexity index is 2800. The lowest BCUT2D eigenvalue weighted by molar-refractivity contribution is 0.989. The standard InChI is InChI=1S/C40H20B2N4S2/c1-3-15-27-21(9-1)23-11-5-13-25-35(23)45(27)29-17-7-19-31-33(29)41(25)37-39(47-31)44-40-38(43-37)42-26-14-6-12-24-22-10-2-4-16-28(22)46(36(24)26)30-18-8-20-32(48-40)34(30)42/h1-20H. The smallest absolute Gasteiger partial charge is 0.274 e. The minimum Gasteiger partial charge on any atom is -0.310 e. The van der Waals surface area contributed by atoms with Gasteiger partial charge in [-0.1, -0.05) is 108 Å². The van der Waals surface area contributed by atoms with Crippen molar-refractivity contribution in [3.05, 3.63) is 121 Å². The van der Waals surface area contributed by atoms with Gasteiger partial charge in [0.2, 0.25) is 0 Å². The molecule has 218 valence electrons. The Morgan fingerprint density at radius 1 is 0.438 bits per heavy atom. The molecule has 4 aliphatic rings. The lowest BCUT2D eigenvalue weighted by Gasteiger charge is -2.35. The molecule has 0 fully saturated rings. The number of hydrogen-bond donors (Lipinski definition) is 0. The van der Waals surface area contributed by atoms with Crippen molar-refractivity contribution in [2.45, 2.75) is 19.8 Å². The van der Waals surface area contributed by atoms with E-state index in [9.17, 15) is 0 Å². The molecule has 0 saturated heterocycles. The van der Waals surface area contributed by atoms with Gasteiger partial charge in [0.15, 0.2) is 0 Å². The number of nitrogens with zero attached hydrogens (tertiary/aromatic N) is 4. The molecule has 8 heteroatoms. The molecule has 0 unspecified atom stereocenters. The van der Waals surface area contributed by atoms with Gasteiger partial charge in [0.05, 0.1) is 11.0 Å². The van der Waals surface area contributed by atoms with Crippen molar-refractivity contribution < 1.29 is 0 Å². The molecule has 0 spiro atoms. The minimum absolute atomic E-state index is 0.0123. The van der Waals surface area contributed by atoms with Gasteiger partial charge in [0, 0.05) is 64.9 Å². The predicted octanol–water partition coefficient (Wildman–Crippen LogP) is 5.26. The first-order valence-corrected chi connectivity index (χ1v) is 18.0. The van der Waals surface area contributed by atoms with E-state index in [4.69, 9.17) is 9.97 Å². The maximum Gasteiger partial charge on any atom is 0.274 e. The van der Waals surface area contributed by atoms with E-state index in [1.54, 1.807) is 23.5 Å². The zero-order valence-corrected chi connectivity index (χ0v) is 26.9. The van der Waals surface area contributed by atoms with Crippen molar-refractivity contribution in [1.29, 1.82) is 0 Å². The first kappa shape index (κ1) is 24.9. The highest BCUT2D eigenvalue weighted by Crippen LogP contribution is 2.40. The minimum atomic E-state index is 0.0123. The van der Waals surface area contributed by atoms with E-state index in [2.05, 4.69) is 130 Å². The Balaban J connectivity index is 1.13. The van der Waals surface area contributed by atoms with Crippen molar-refractivity contribution in [2.75, 3.05) is 0 Å². The fourth-order valence-corrected chi connectivity index (χ4v) is 11.6. The van der Waals surface area contributed by atoms with E-state index < -0.39 is 0 Å². The van der Waals surface area contributed by atoms with E-state index in [-0.39, 0.29) is 13.4 Å². The van der Waals surface area contributed by atoms with Gasteiger partial charge >= 0.3 is 0 Å². The summed E-state index contributed by atoms with van der Waals surface area (Å²) in [6, 6.07) is 44.9. The number of rotatable bonds is 0. The van der Waals surface area contributed by atoms with Crippen LogP contribution in [0.25, 0.3) is 55.0 Å².